The van der Waals surface area contributed by atoms with E-state index in [-0.39, 0.29) is 16.8 Å². The standard InChI is InChI=1S/C14H22N2O3S/c1-5-6-11(2)15-14(17)12-7-9-13(10-8-12)20(18,19)16(3)4/h7-11H,5-6H2,1-4H3,(H,15,17)/t11-/m1/s1. The van der Waals surface area contributed by atoms with E-state index in [9.17, 15) is 13.2 Å². The normalized spacial score (nSPS) is 13.2. The van der Waals surface area contributed by atoms with Crippen LogP contribution in [0.2, 0.25) is 0 Å². The lowest BCUT2D eigenvalue weighted by atomic mass is 10.1. The lowest BCUT2D eigenvalue weighted by molar-refractivity contribution is 0.0938. The first-order valence-electron chi connectivity index (χ1n) is 6.62. The number of carbonyl (C=O) groups excluding carboxylic acids is 1. The predicted molar refractivity (Wildman–Crippen MR) is 79.2 cm³/mol. The molecule has 20 heavy (non-hydrogen) atoms. The molecule has 6 heteroatoms. The van der Waals surface area contributed by atoms with Crippen molar-refractivity contribution < 1.29 is 13.2 Å². The van der Waals surface area contributed by atoms with Gasteiger partial charge in [0.15, 0.2) is 0 Å². The quantitative estimate of drug-likeness (QED) is 0.871. The molecule has 1 rings (SSSR count). The van der Waals surface area contributed by atoms with Crippen LogP contribution < -0.4 is 5.32 Å². The summed E-state index contributed by atoms with van der Waals surface area (Å²) in [6.45, 7) is 4.01. The van der Waals surface area contributed by atoms with Gasteiger partial charge in [-0.3, -0.25) is 4.79 Å². The van der Waals surface area contributed by atoms with Crippen LogP contribution in [0.4, 0.5) is 0 Å². The number of sulfonamides is 1. The lowest BCUT2D eigenvalue weighted by Crippen LogP contribution is -2.32. The van der Waals surface area contributed by atoms with Crippen LogP contribution >= 0.6 is 0 Å². The average molecular weight is 298 g/mol. The highest BCUT2D eigenvalue weighted by Crippen LogP contribution is 2.14. The molecule has 0 unspecified atom stereocenters. The van der Waals surface area contributed by atoms with Gasteiger partial charge in [-0.2, -0.15) is 0 Å². The lowest BCUT2D eigenvalue weighted by Gasteiger charge is -2.14. The molecule has 0 spiro atoms. The van der Waals surface area contributed by atoms with Crippen LogP contribution in [0.5, 0.6) is 0 Å². The van der Waals surface area contributed by atoms with Crippen LogP contribution in [-0.4, -0.2) is 38.8 Å². The molecule has 0 heterocycles. The van der Waals surface area contributed by atoms with E-state index in [1.165, 1.54) is 38.4 Å². The molecular weight excluding hydrogens is 276 g/mol. The van der Waals surface area contributed by atoms with E-state index in [1.54, 1.807) is 0 Å². The number of nitrogens with zero attached hydrogens (tertiary/aromatic N) is 1. The molecule has 1 atom stereocenters. The third-order valence-electron chi connectivity index (χ3n) is 2.99. The van der Waals surface area contributed by atoms with Crippen LogP contribution in [0.3, 0.4) is 0 Å². The Morgan fingerprint density at radius 1 is 1.25 bits per heavy atom. The van der Waals surface area contributed by atoms with E-state index < -0.39 is 10.0 Å². The van der Waals surface area contributed by atoms with Crippen molar-refractivity contribution in [1.29, 1.82) is 0 Å². The molecule has 0 saturated carbocycles. The molecule has 0 aliphatic heterocycles. The molecule has 1 amide bonds. The second-order valence-corrected chi connectivity index (χ2v) is 7.13. The zero-order valence-corrected chi connectivity index (χ0v) is 13.2. The van der Waals surface area contributed by atoms with Gasteiger partial charge in [-0.1, -0.05) is 13.3 Å². The van der Waals surface area contributed by atoms with Crippen molar-refractivity contribution in [3.8, 4) is 0 Å². The van der Waals surface area contributed by atoms with Crippen molar-refractivity contribution in [3.63, 3.8) is 0 Å². The van der Waals surface area contributed by atoms with Crippen LogP contribution in [0.25, 0.3) is 0 Å². The van der Waals surface area contributed by atoms with Gasteiger partial charge >= 0.3 is 0 Å². The fourth-order valence-electron chi connectivity index (χ4n) is 1.80. The summed E-state index contributed by atoms with van der Waals surface area (Å²) < 4.78 is 24.9. The molecule has 1 aromatic carbocycles. The van der Waals surface area contributed by atoms with E-state index in [1.807, 2.05) is 6.92 Å². The molecule has 0 fully saturated rings. The molecule has 112 valence electrons. The van der Waals surface area contributed by atoms with Crippen molar-refractivity contribution in [2.24, 2.45) is 0 Å². The van der Waals surface area contributed by atoms with Gasteiger partial charge in [0.1, 0.15) is 0 Å². The van der Waals surface area contributed by atoms with Crippen LogP contribution in [0, 0.1) is 0 Å². The van der Waals surface area contributed by atoms with Gasteiger partial charge < -0.3 is 5.32 Å². The van der Waals surface area contributed by atoms with E-state index in [2.05, 4.69) is 12.2 Å². The van der Waals surface area contributed by atoms with Crippen molar-refractivity contribution in [3.05, 3.63) is 29.8 Å². The highest BCUT2D eigenvalue weighted by Gasteiger charge is 2.17. The third-order valence-corrected chi connectivity index (χ3v) is 4.82. The van der Waals surface area contributed by atoms with Gasteiger partial charge in [0, 0.05) is 25.7 Å². The Balaban J connectivity index is 2.84. The third kappa shape index (κ3) is 4.05. The number of carbonyl (C=O) groups is 1. The monoisotopic (exact) mass is 298 g/mol. The molecule has 0 radical (unpaired) electrons. The summed E-state index contributed by atoms with van der Waals surface area (Å²) >= 11 is 0. The first-order chi connectivity index (χ1) is 9.28. The SMILES string of the molecule is CCC[C@@H](C)NC(=O)c1ccc(S(=O)(=O)N(C)C)cc1. The number of hydrogen-bond donors (Lipinski definition) is 1. The summed E-state index contributed by atoms with van der Waals surface area (Å²) in [5.41, 5.74) is 0.464. The number of nitrogens with one attached hydrogen (secondary N) is 1. The molecule has 0 saturated heterocycles. The predicted octanol–water partition coefficient (Wildman–Crippen LogP) is 1.86. The Morgan fingerprint density at radius 3 is 2.25 bits per heavy atom. The maximum atomic E-state index is 12.0. The molecular formula is C14H22N2O3S. The van der Waals surface area contributed by atoms with E-state index >= 15 is 0 Å². The molecule has 0 bridgehead atoms. The van der Waals surface area contributed by atoms with Crippen molar-refractivity contribution >= 4 is 15.9 Å². The topological polar surface area (TPSA) is 66.5 Å². The zero-order chi connectivity index (χ0) is 15.3. The first-order valence-corrected chi connectivity index (χ1v) is 8.06. The molecule has 1 N–H and O–H groups in total. The number of rotatable bonds is 6. The van der Waals surface area contributed by atoms with E-state index in [0.29, 0.717) is 5.56 Å². The Bertz CT molecular complexity index is 550. The summed E-state index contributed by atoms with van der Waals surface area (Å²) in [5.74, 6) is -0.181. The van der Waals surface area contributed by atoms with Gasteiger partial charge in [0.05, 0.1) is 4.90 Å². The van der Waals surface area contributed by atoms with Gasteiger partial charge in [-0.25, -0.2) is 12.7 Å². The second-order valence-electron chi connectivity index (χ2n) is 4.97. The van der Waals surface area contributed by atoms with Crippen LogP contribution in [0.1, 0.15) is 37.0 Å². The highest BCUT2D eigenvalue weighted by molar-refractivity contribution is 7.89. The van der Waals surface area contributed by atoms with Crippen molar-refractivity contribution in [2.45, 2.75) is 37.6 Å². The minimum Gasteiger partial charge on any atom is -0.350 e. The second kappa shape index (κ2) is 6.85. The van der Waals surface area contributed by atoms with Crippen LogP contribution in [-0.2, 0) is 10.0 Å². The Morgan fingerprint density at radius 2 is 1.80 bits per heavy atom. The van der Waals surface area contributed by atoms with E-state index in [0.717, 1.165) is 17.1 Å². The number of amides is 1. The maximum Gasteiger partial charge on any atom is 0.251 e. The smallest absolute Gasteiger partial charge is 0.251 e. The summed E-state index contributed by atoms with van der Waals surface area (Å²) in [6.07, 6.45) is 1.92. The Hall–Kier alpha value is -1.40. The molecule has 1 aromatic rings. The molecule has 0 aromatic heterocycles. The van der Waals surface area contributed by atoms with Crippen molar-refractivity contribution in [1.82, 2.24) is 9.62 Å². The minimum absolute atomic E-state index is 0.109. The highest BCUT2D eigenvalue weighted by atomic mass is 32.2. The maximum absolute atomic E-state index is 12.0. The molecule has 5 nitrogen and oxygen atoms in total. The van der Waals surface area contributed by atoms with Crippen LogP contribution in [0.15, 0.2) is 29.2 Å². The Kier molecular flexibility index (Phi) is 5.71. The molecule has 0 aliphatic carbocycles. The summed E-state index contributed by atoms with van der Waals surface area (Å²) in [7, 11) is -0.500. The van der Waals surface area contributed by atoms with Gasteiger partial charge in [0.25, 0.3) is 5.91 Å². The minimum atomic E-state index is -3.45. The summed E-state index contributed by atoms with van der Waals surface area (Å²) in [5, 5.41) is 2.88. The van der Waals surface area contributed by atoms with Crippen molar-refractivity contribution in [2.75, 3.05) is 14.1 Å². The fraction of sp³-hybridized carbons (Fsp3) is 0.500. The van der Waals surface area contributed by atoms with Gasteiger partial charge in [0.2, 0.25) is 10.0 Å². The first kappa shape index (κ1) is 16.7. The fourth-order valence-corrected chi connectivity index (χ4v) is 2.70. The molecule has 0 aliphatic rings. The van der Waals surface area contributed by atoms with Gasteiger partial charge in [-0.15, -0.1) is 0 Å². The average Bonchev–Trinajstić information content (AvgIpc) is 2.38. The zero-order valence-electron chi connectivity index (χ0n) is 12.4. The van der Waals surface area contributed by atoms with E-state index in [4.69, 9.17) is 0 Å². The number of hydrogen-bond acceptors (Lipinski definition) is 3. The number of benzene rings is 1. The summed E-state index contributed by atoms with van der Waals surface area (Å²) in [6, 6.07) is 6.08. The largest absolute Gasteiger partial charge is 0.350 e. The summed E-state index contributed by atoms with van der Waals surface area (Å²) in [4.78, 5) is 12.1. The van der Waals surface area contributed by atoms with Gasteiger partial charge in [-0.05, 0) is 37.6 Å². The Labute approximate surface area is 121 Å².